The van der Waals surface area contributed by atoms with Gasteiger partial charge in [0.05, 0.1) is 42.9 Å². The third-order valence-corrected chi connectivity index (χ3v) is 5.84. The number of amides is 2. The van der Waals surface area contributed by atoms with Crippen molar-refractivity contribution in [2.75, 3.05) is 31.7 Å². The van der Waals surface area contributed by atoms with Crippen LogP contribution in [0.1, 0.15) is 42.6 Å². The Morgan fingerprint density at radius 2 is 1.82 bits per heavy atom. The number of carbonyl (C=O) groups is 3. The topological polar surface area (TPSA) is 126 Å². The normalized spacial score (nSPS) is 11.7. The van der Waals surface area contributed by atoms with E-state index in [1.807, 2.05) is 28.1 Å². The van der Waals surface area contributed by atoms with Crippen LogP contribution < -0.4 is 16.1 Å². The number of anilines is 2. The molecular weight excluding hydrogens is 622 g/mol. The van der Waals surface area contributed by atoms with Gasteiger partial charge in [-0.3, -0.25) is 14.4 Å². The SMILES string of the molecule is CC(=O)CCC(Cc1cc(C(=O)NOCCO)c(Nc2ccc(I)cc2F)c(F)c1F)OCCNC(C)=O. The lowest BCUT2D eigenvalue weighted by Gasteiger charge is -2.21. The quantitative estimate of drug-likeness (QED) is 0.132. The highest BCUT2D eigenvalue weighted by Crippen LogP contribution is 2.31. The predicted octanol–water partition coefficient (Wildman–Crippen LogP) is 3.54. The average Bonchev–Trinajstić information content (AvgIpc) is 2.85. The molecule has 13 heteroatoms. The Balaban J connectivity index is 2.43. The highest BCUT2D eigenvalue weighted by atomic mass is 127. The van der Waals surface area contributed by atoms with Gasteiger partial charge in [-0.1, -0.05) is 0 Å². The largest absolute Gasteiger partial charge is 0.394 e. The Kier molecular flexibility index (Phi) is 12.9. The van der Waals surface area contributed by atoms with Crippen molar-refractivity contribution < 1.29 is 42.2 Å². The molecule has 4 N–H and O–H groups in total. The molecule has 0 saturated heterocycles. The first-order valence-corrected chi connectivity index (χ1v) is 12.7. The van der Waals surface area contributed by atoms with Crippen LogP contribution in [0.3, 0.4) is 0 Å². The summed E-state index contributed by atoms with van der Waals surface area (Å²) in [6.07, 6.45) is -0.643. The molecule has 2 rings (SSSR count). The van der Waals surface area contributed by atoms with E-state index in [2.05, 4.69) is 10.6 Å². The average molecular weight is 651 g/mol. The lowest BCUT2D eigenvalue weighted by molar-refractivity contribution is -0.119. The molecule has 0 saturated carbocycles. The molecule has 2 aromatic rings. The molecule has 0 fully saturated rings. The number of hydrogen-bond acceptors (Lipinski definition) is 7. The molecule has 0 aliphatic heterocycles. The molecule has 0 aliphatic rings. The second-order valence-corrected chi connectivity index (χ2v) is 9.50. The molecule has 0 bridgehead atoms. The van der Waals surface area contributed by atoms with E-state index >= 15 is 8.78 Å². The molecule has 1 atom stereocenters. The number of carbonyl (C=O) groups excluding carboxylic acids is 3. The van der Waals surface area contributed by atoms with Crippen molar-refractivity contribution in [1.82, 2.24) is 10.8 Å². The lowest BCUT2D eigenvalue weighted by Crippen LogP contribution is -2.28. The molecule has 208 valence electrons. The number of halogens is 4. The predicted molar refractivity (Wildman–Crippen MR) is 141 cm³/mol. The fourth-order valence-corrected chi connectivity index (χ4v) is 3.83. The molecule has 2 amide bonds. The summed E-state index contributed by atoms with van der Waals surface area (Å²) in [5.41, 5.74) is 0.600. The smallest absolute Gasteiger partial charge is 0.277 e. The van der Waals surface area contributed by atoms with Crippen LogP contribution in [0.15, 0.2) is 24.3 Å². The van der Waals surface area contributed by atoms with E-state index in [0.29, 0.717) is 3.57 Å². The van der Waals surface area contributed by atoms with E-state index in [-0.39, 0.29) is 62.0 Å². The van der Waals surface area contributed by atoms with Gasteiger partial charge in [-0.05, 0) is 65.8 Å². The number of aliphatic hydroxyl groups is 1. The molecule has 0 radical (unpaired) electrons. The Morgan fingerprint density at radius 1 is 1.08 bits per heavy atom. The van der Waals surface area contributed by atoms with Gasteiger partial charge in [-0.15, -0.1) is 0 Å². The number of rotatable bonds is 15. The minimum Gasteiger partial charge on any atom is -0.394 e. The molecule has 0 spiro atoms. The van der Waals surface area contributed by atoms with Crippen LogP contribution in [0, 0.1) is 21.0 Å². The fourth-order valence-electron chi connectivity index (χ4n) is 3.38. The van der Waals surface area contributed by atoms with E-state index < -0.39 is 47.3 Å². The third-order valence-electron chi connectivity index (χ3n) is 5.17. The van der Waals surface area contributed by atoms with E-state index in [9.17, 15) is 18.8 Å². The van der Waals surface area contributed by atoms with E-state index in [4.69, 9.17) is 14.7 Å². The molecule has 0 heterocycles. The van der Waals surface area contributed by atoms with Crippen molar-refractivity contribution in [3.63, 3.8) is 0 Å². The lowest BCUT2D eigenvalue weighted by atomic mass is 9.98. The van der Waals surface area contributed by atoms with E-state index in [1.165, 1.54) is 32.0 Å². The summed E-state index contributed by atoms with van der Waals surface area (Å²) in [7, 11) is 0. The Hall–Kier alpha value is -2.75. The second-order valence-electron chi connectivity index (χ2n) is 8.26. The zero-order chi connectivity index (χ0) is 28.2. The summed E-state index contributed by atoms with van der Waals surface area (Å²) in [6.45, 7) is 2.28. The van der Waals surface area contributed by atoms with Crippen molar-refractivity contribution in [2.45, 2.75) is 39.2 Å². The first-order valence-electron chi connectivity index (χ1n) is 11.6. The van der Waals surface area contributed by atoms with Gasteiger partial charge in [0, 0.05) is 29.9 Å². The van der Waals surface area contributed by atoms with Gasteiger partial charge in [0.1, 0.15) is 11.6 Å². The molecule has 38 heavy (non-hydrogen) atoms. The Labute approximate surface area is 231 Å². The number of aliphatic hydroxyl groups excluding tert-OH is 1. The van der Waals surface area contributed by atoms with E-state index in [1.54, 1.807) is 0 Å². The maximum atomic E-state index is 15.4. The van der Waals surface area contributed by atoms with Gasteiger partial charge in [0.2, 0.25) is 5.91 Å². The van der Waals surface area contributed by atoms with Crippen LogP contribution in [-0.4, -0.2) is 55.2 Å². The fraction of sp³-hybridized carbons (Fsp3) is 0.400. The van der Waals surface area contributed by atoms with Crippen molar-refractivity contribution >= 4 is 51.6 Å². The molecule has 9 nitrogen and oxygen atoms in total. The molecule has 0 aromatic heterocycles. The number of benzene rings is 2. The van der Waals surface area contributed by atoms with Crippen LogP contribution in [-0.2, 0) is 25.6 Å². The summed E-state index contributed by atoms with van der Waals surface area (Å²) in [4.78, 5) is 40.2. The number of hydroxylamine groups is 1. The first-order chi connectivity index (χ1) is 18.0. The van der Waals surface area contributed by atoms with Crippen LogP contribution in [0.5, 0.6) is 0 Å². The second kappa shape index (κ2) is 15.6. The molecule has 0 aliphatic carbocycles. The highest BCUT2D eigenvalue weighted by Gasteiger charge is 2.25. The minimum atomic E-state index is -1.43. The Bertz CT molecular complexity index is 1150. The summed E-state index contributed by atoms with van der Waals surface area (Å²) >= 11 is 1.89. The third kappa shape index (κ3) is 9.85. The van der Waals surface area contributed by atoms with Crippen LogP contribution in [0.2, 0.25) is 0 Å². The number of hydrogen-bond donors (Lipinski definition) is 4. The summed E-state index contributed by atoms with van der Waals surface area (Å²) < 4.78 is 51.3. The number of ether oxygens (including phenoxy) is 1. The van der Waals surface area contributed by atoms with Crippen molar-refractivity contribution in [2.24, 2.45) is 0 Å². The van der Waals surface area contributed by atoms with Crippen molar-refractivity contribution in [3.8, 4) is 0 Å². The maximum Gasteiger partial charge on any atom is 0.277 e. The molecular formula is C25H29F3IN3O6. The molecule has 2 aromatic carbocycles. The number of nitrogens with one attached hydrogen (secondary N) is 3. The highest BCUT2D eigenvalue weighted by molar-refractivity contribution is 14.1. The summed E-state index contributed by atoms with van der Waals surface area (Å²) in [5.74, 6) is -4.85. The van der Waals surface area contributed by atoms with Gasteiger partial charge in [0.25, 0.3) is 5.91 Å². The number of Topliss-reactive ketones (excluding diaryl/α,β-unsaturated/α-hetero) is 1. The van der Waals surface area contributed by atoms with E-state index in [0.717, 1.165) is 6.07 Å². The minimum absolute atomic E-state index is 0.0559. The van der Waals surface area contributed by atoms with Crippen molar-refractivity contribution in [3.05, 3.63) is 56.4 Å². The molecule has 1 unspecified atom stereocenters. The zero-order valence-electron chi connectivity index (χ0n) is 20.8. The van der Waals surface area contributed by atoms with Crippen LogP contribution in [0.25, 0.3) is 0 Å². The summed E-state index contributed by atoms with van der Waals surface area (Å²) in [6, 6.07) is 5.11. The maximum absolute atomic E-state index is 15.4. The van der Waals surface area contributed by atoms with Crippen molar-refractivity contribution in [1.29, 1.82) is 0 Å². The van der Waals surface area contributed by atoms with Gasteiger partial charge >= 0.3 is 0 Å². The van der Waals surface area contributed by atoms with Gasteiger partial charge in [-0.25, -0.2) is 18.7 Å². The first kappa shape index (κ1) is 31.5. The van der Waals surface area contributed by atoms with Crippen LogP contribution >= 0.6 is 22.6 Å². The Morgan fingerprint density at radius 3 is 2.45 bits per heavy atom. The van der Waals surface area contributed by atoms with Gasteiger partial charge < -0.3 is 25.3 Å². The zero-order valence-corrected chi connectivity index (χ0v) is 23.0. The number of ketones is 1. The standard InChI is InChI=1S/C25H29F3IN3O6/c1-14(34)3-5-18(37-9-7-30-15(2)35)11-16-12-19(25(36)32-38-10-8-33)24(23(28)22(16)27)31-21-6-4-17(29)13-20(21)26/h4,6,12-13,18,31,33H,3,5,7-11H2,1-2H3,(H,30,35)(H,32,36). The summed E-state index contributed by atoms with van der Waals surface area (Å²) in [5, 5.41) is 13.9. The monoisotopic (exact) mass is 651 g/mol. The van der Waals surface area contributed by atoms with Gasteiger partial charge in [0.15, 0.2) is 11.6 Å². The van der Waals surface area contributed by atoms with Crippen LogP contribution in [0.4, 0.5) is 24.5 Å². The van der Waals surface area contributed by atoms with Gasteiger partial charge in [-0.2, -0.15) is 0 Å².